The number of ether oxygens (including phenoxy) is 2. The first-order chi connectivity index (χ1) is 27.3. The van der Waals surface area contributed by atoms with E-state index < -0.39 is 0 Å². The van der Waals surface area contributed by atoms with E-state index in [1.54, 1.807) is 12.1 Å². The predicted octanol–water partition coefficient (Wildman–Crippen LogP) is 6.03. The summed E-state index contributed by atoms with van der Waals surface area (Å²) >= 11 is 0. The van der Waals surface area contributed by atoms with Gasteiger partial charge in [-0.25, -0.2) is 19.3 Å². The molecule has 292 valence electrons. The first-order valence-electron chi connectivity index (χ1n) is 19.8. The van der Waals surface area contributed by atoms with Crippen LogP contribution in [0.4, 0.5) is 11.4 Å². The number of fused-ring (bicyclic) bond motifs is 3. The molecule has 0 aliphatic carbocycles. The van der Waals surface area contributed by atoms with Crippen molar-refractivity contribution in [3.8, 4) is 0 Å². The average Bonchev–Trinajstić information content (AvgIpc) is 3.84. The highest BCUT2D eigenvalue weighted by Gasteiger charge is 2.23. The molecule has 56 heavy (non-hydrogen) atoms. The number of hydrogen-bond acceptors (Lipinski definition) is 10. The molecule has 4 N–H and O–H groups in total. The van der Waals surface area contributed by atoms with E-state index in [9.17, 15) is 9.59 Å². The Hall–Kier alpha value is -5.60. The third-order valence-electron chi connectivity index (χ3n) is 11.1. The van der Waals surface area contributed by atoms with Crippen LogP contribution in [0.1, 0.15) is 82.8 Å². The van der Waals surface area contributed by atoms with Crippen molar-refractivity contribution < 1.29 is 19.1 Å². The number of anilines is 2. The van der Waals surface area contributed by atoms with Crippen LogP contribution in [0.2, 0.25) is 0 Å². The molecule has 2 aliphatic rings. The Morgan fingerprint density at radius 2 is 1.07 bits per heavy atom. The maximum atomic E-state index is 13.6. The Balaban J connectivity index is 0.973. The van der Waals surface area contributed by atoms with Crippen LogP contribution in [-0.4, -0.2) is 79.9 Å². The number of nitrogens with zero attached hydrogens (tertiary/aromatic N) is 6. The quantitative estimate of drug-likeness (QED) is 0.116. The fourth-order valence-corrected chi connectivity index (χ4v) is 7.87. The molecule has 4 aromatic heterocycles. The number of amides is 2. The zero-order chi connectivity index (χ0) is 38.8. The topological polar surface area (TPSA) is 162 Å². The molecule has 0 bridgehead atoms. The molecule has 0 saturated carbocycles. The summed E-state index contributed by atoms with van der Waals surface area (Å²) in [5.41, 5.74) is 8.25. The Morgan fingerprint density at radius 1 is 0.661 bits per heavy atom. The standard InChI is InChI=1S/C42H50N10O4/c1-5-51-39-35(23-45-51)37(49-31-11-15-55-16-12-31)33(25(3)47-39)21-43-41(53)29-9-7-28-20-30(10-8-27(28)19-29)42(54)44-22-34-26(4)48-40-36(24-46-52(40)6-2)38(34)50-32-13-17-56-18-14-32/h7-10,19-20,23-24,31-32H,5-6,11-18,21-22H2,1-4H3,(H,43,53)(H,44,54)(H,47,49)(H,48,50). The fourth-order valence-electron chi connectivity index (χ4n) is 7.87. The molecule has 0 radical (unpaired) electrons. The van der Waals surface area contributed by atoms with E-state index in [2.05, 4.69) is 45.3 Å². The summed E-state index contributed by atoms with van der Waals surface area (Å²) in [6.07, 6.45) is 7.36. The summed E-state index contributed by atoms with van der Waals surface area (Å²) in [5.74, 6) is -0.379. The predicted molar refractivity (Wildman–Crippen MR) is 217 cm³/mol. The first kappa shape index (κ1) is 37.3. The van der Waals surface area contributed by atoms with Gasteiger partial charge in [0.15, 0.2) is 11.3 Å². The van der Waals surface area contributed by atoms with E-state index in [0.29, 0.717) is 37.3 Å². The van der Waals surface area contributed by atoms with Gasteiger partial charge in [0, 0.05) is 98.3 Å². The lowest BCUT2D eigenvalue weighted by atomic mass is 10.0. The Labute approximate surface area is 325 Å². The summed E-state index contributed by atoms with van der Waals surface area (Å²) in [6, 6.07) is 11.6. The summed E-state index contributed by atoms with van der Waals surface area (Å²) in [5, 5.41) is 26.5. The lowest BCUT2D eigenvalue weighted by Crippen LogP contribution is -2.30. The van der Waals surface area contributed by atoms with Gasteiger partial charge >= 0.3 is 0 Å². The molecule has 6 heterocycles. The largest absolute Gasteiger partial charge is 0.381 e. The molecular weight excluding hydrogens is 709 g/mol. The first-order valence-corrected chi connectivity index (χ1v) is 19.8. The highest BCUT2D eigenvalue weighted by molar-refractivity contribution is 6.02. The van der Waals surface area contributed by atoms with Gasteiger partial charge in [-0.1, -0.05) is 12.1 Å². The zero-order valence-corrected chi connectivity index (χ0v) is 32.6. The van der Waals surface area contributed by atoms with Crippen LogP contribution in [0, 0.1) is 13.8 Å². The highest BCUT2D eigenvalue weighted by atomic mass is 16.5. The molecule has 8 rings (SSSR count). The maximum Gasteiger partial charge on any atom is 0.251 e. The summed E-state index contributed by atoms with van der Waals surface area (Å²) in [6.45, 7) is 13.0. The van der Waals surface area contributed by atoms with Crippen LogP contribution < -0.4 is 21.3 Å². The average molecular weight is 759 g/mol. The van der Waals surface area contributed by atoms with Crippen LogP contribution >= 0.6 is 0 Å². The molecule has 14 nitrogen and oxygen atoms in total. The third kappa shape index (κ3) is 7.50. The Morgan fingerprint density at radius 3 is 1.46 bits per heavy atom. The number of aryl methyl sites for hydroxylation is 4. The highest BCUT2D eigenvalue weighted by Crippen LogP contribution is 2.32. The monoisotopic (exact) mass is 758 g/mol. The van der Waals surface area contributed by atoms with Gasteiger partial charge in [0.1, 0.15) is 0 Å². The molecule has 6 aromatic rings. The third-order valence-corrected chi connectivity index (χ3v) is 11.1. The summed E-state index contributed by atoms with van der Waals surface area (Å²) in [7, 11) is 0. The molecule has 2 aromatic carbocycles. The lowest BCUT2D eigenvalue weighted by molar-refractivity contribution is 0.0903. The Bertz CT molecular complexity index is 2240. The number of aromatic nitrogens is 6. The molecule has 0 unspecified atom stereocenters. The number of pyridine rings is 2. The second kappa shape index (κ2) is 16.2. The van der Waals surface area contributed by atoms with Crippen LogP contribution in [0.5, 0.6) is 0 Å². The van der Waals surface area contributed by atoms with Crippen molar-refractivity contribution in [3.63, 3.8) is 0 Å². The van der Waals surface area contributed by atoms with Crippen LogP contribution in [-0.2, 0) is 35.7 Å². The van der Waals surface area contributed by atoms with Gasteiger partial charge in [-0.15, -0.1) is 0 Å². The Kier molecular flexibility index (Phi) is 10.8. The smallest absolute Gasteiger partial charge is 0.251 e. The van der Waals surface area contributed by atoms with E-state index in [0.717, 1.165) is 119 Å². The van der Waals surface area contributed by atoms with Gasteiger partial charge in [0.05, 0.1) is 34.5 Å². The minimum absolute atomic E-state index is 0.190. The number of hydrogen-bond donors (Lipinski definition) is 4. The molecule has 2 aliphatic heterocycles. The van der Waals surface area contributed by atoms with Crippen LogP contribution in [0.25, 0.3) is 32.8 Å². The summed E-state index contributed by atoms with van der Waals surface area (Å²) < 4.78 is 15.0. The van der Waals surface area contributed by atoms with Gasteiger partial charge in [0.2, 0.25) is 0 Å². The number of carbonyl (C=O) groups excluding carboxylic acids is 2. The van der Waals surface area contributed by atoms with Gasteiger partial charge < -0.3 is 30.7 Å². The summed E-state index contributed by atoms with van der Waals surface area (Å²) in [4.78, 5) is 37.0. The van der Waals surface area contributed by atoms with E-state index in [1.165, 1.54) is 0 Å². The molecule has 2 saturated heterocycles. The number of rotatable bonds is 12. The van der Waals surface area contributed by atoms with Gasteiger partial charge in [0.25, 0.3) is 11.8 Å². The molecular formula is C42H50N10O4. The zero-order valence-electron chi connectivity index (χ0n) is 32.6. The second-order valence-electron chi connectivity index (χ2n) is 14.7. The van der Waals surface area contributed by atoms with Crippen molar-refractivity contribution in [2.75, 3.05) is 37.1 Å². The molecule has 2 amide bonds. The molecule has 0 spiro atoms. The minimum atomic E-state index is -0.190. The second-order valence-corrected chi connectivity index (χ2v) is 14.7. The fraction of sp³-hybridized carbons (Fsp3) is 0.429. The SMILES string of the molecule is CCn1ncc2c(NC3CCOCC3)c(CNC(=O)c3ccc4cc(C(=O)NCc5c(C)nc6c(cnn6CC)c5NC5CCOCC5)ccc4c3)c(C)nc21. The molecule has 2 fully saturated rings. The van der Waals surface area contributed by atoms with Crippen molar-refractivity contribution >= 4 is 56.0 Å². The minimum Gasteiger partial charge on any atom is -0.381 e. The van der Waals surface area contributed by atoms with Gasteiger partial charge in [-0.05, 0) is 88.4 Å². The van der Waals surface area contributed by atoms with Crippen LogP contribution in [0.3, 0.4) is 0 Å². The van der Waals surface area contributed by atoms with Crippen molar-refractivity contribution in [3.05, 3.63) is 82.4 Å². The lowest BCUT2D eigenvalue weighted by Gasteiger charge is -2.26. The van der Waals surface area contributed by atoms with E-state index >= 15 is 0 Å². The van der Waals surface area contributed by atoms with Crippen molar-refractivity contribution in [2.24, 2.45) is 0 Å². The number of carbonyl (C=O) groups is 2. The van der Waals surface area contributed by atoms with Crippen molar-refractivity contribution in [2.45, 2.75) is 91.6 Å². The molecule has 0 atom stereocenters. The number of nitrogens with one attached hydrogen (secondary N) is 4. The van der Waals surface area contributed by atoms with Gasteiger partial charge in [-0.2, -0.15) is 10.2 Å². The van der Waals surface area contributed by atoms with E-state index in [-0.39, 0.29) is 23.9 Å². The van der Waals surface area contributed by atoms with E-state index in [4.69, 9.17) is 19.4 Å². The number of benzene rings is 2. The van der Waals surface area contributed by atoms with Crippen molar-refractivity contribution in [1.82, 2.24) is 40.2 Å². The van der Waals surface area contributed by atoms with Crippen molar-refractivity contribution in [1.29, 1.82) is 0 Å². The molecule has 14 heteroatoms. The normalized spacial score (nSPS) is 15.4. The van der Waals surface area contributed by atoms with E-state index in [1.807, 2.05) is 59.9 Å². The van der Waals surface area contributed by atoms with Gasteiger partial charge in [-0.3, -0.25) is 9.59 Å². The van der Waals surface area contributed by atoms with Crippen LogP contribution in [0.15, 0.2) is 48.8 Å². The maximum absolute atomic E-state index is 13.6.